The van der Waals surface area contributed by atoms with E-state index in [0.29, 0.717) is 0 Å². The van der Waals surface area contributed by atoms with Crippen LogP contribution >= 0.6 is 24.0 Å². The molecule has 1 nitrogen and oxygen atoms in total. The van der Waals surface area contributed by atoms with E-state index in [4.69, 9.17) is 12.2 Å². The van der Waals surface area contributed by atoms with Crippen molar-refractivity contribution >= 4 is 28.3 Å². The second kappa shape index (κ2) is 2.70. The van der Waals surface area contributed by atoms with Gasteiger partial charge in [0.1, 0.15) is 4.32 Å². The van der Waals surface area contributed by atoms with E-state index in [-0.39, 0.29) is 0 Å². The van der Waals surface area contributed by atoms with Crippen LogP contribution in [0, 0.1) is 5.92 Å². The van der Waals surface area contributed by atoms with Crippen molar-refractivity contribution in [2.75, 3.05) is 18.8 Å². The van der Waals surface area contributed by atoms with Crippen LogP contribution in [0.25, 0.3) is 0 Å². The molecule has 0 bridgehead atoms. The zero-order chi connectivity index (χ0) is 6.97. The van der Waals surface area contributed by atoms with Gasteiger partial charge in [-0.15, -0.1) is 0 Å². The fourth-order valence-corrected chi connectivity index (χ4v) is 2.45. The first-order chi connectivity index (χ1) is 4.86. The zero-order valence-electron chi connectivity index (χ0n) is 5.88. The van der Waals surface area contributed by atoms with E-state index in [2.05, 4.69) is 4.90 Å². The topological polar surface area (TPSA) is 3.24 Å². The van der Waals surface area contributed by atoms with Crippen LogP contribution < -0.4 is 0 Å². The Bertz CT molecular complexity index is 154. The predicted molar refractivity (Wildman–Crippen MR) is 49.4 cm³/mol. The molecule has 2 fully saturated rings. The summed E-state index contributed by atoms with van der Waals surface area (Å²) in [4.78, 5) is 2.36. The van der Waals surface area contributed by atoms with Gasteiger partial charge in [0.25, 0.3) is 0 Å². The highest BCUT2D eigenvalue weighted by molar-refractivity contribution is 8.23. The van der Waals surface area contributed by atoms with E-state index in [0.717, 1.165) is 10.2 Å². The van der Waals surface area contributed by atoms with Crippen molar-refractivity contribution in [2.45, 2.75) is 12.8 Å². The van der Waals surface area contributed by atoms with E-state index in [1.54, 1.807) is 0 Å². The normalized spacial score (nSPS) is 26.0. The summed E-state index contributed by atoms with van der Waals surface area (Å²) in [5.41, 5.74) is 0. The SMILES string of the molecule is S=C1SCCN1CC1CC1. The van der Waals surface area contributed by atoms with Gasteiger partial charge >= 0.3 is 0 Å². The van der Waals surface area contributed by atoms with Gasteiger partial charge in [-0.05, 0) is 18.8 Å². The number of rotatable bonds is 2. The highest BCUT2D eigenvalue weighted by Crippen LogP contribution is 2.32. The largest absolute Gasteiger partial charge is 0.356 e. The molecule has 2 aliphatic rings. The minimum Gasteiger partial charge on any atom is -0.356 e. The van der Waals surface area contributed by atoms with Gasteiger partial charge < -0.3 is 4.90 Å². The average Bonchev–Trinajstić information content (AvgIpc) is 2.62. The Hall–Kier alpha value is 0.240. The monoisotopic (exact) mass is 173 g/mol. The Balaban J connectivity index is 1.84. The summed E-state index contributed by atoms with van der Waals surface area (Å²) in [7, 11) is 0. The van der Waals surface area contributed by atoms with Gasteiger partial charge in [-0.3, -0.25) is 0 Å². The van der Waals surface area contributed by atoms with Crippen molar-refractivity contribution in [3.05, 3.63) is 0 Å². The van der Waals surface area contributed by atoms with Crippen molar-refractivity contribution < 1.29 is 0 Å². The van der Waals surface area contributed by atoms with Crippen molar-refractivity contribution in [2.24, 2.45) is 5.92 Å². The Kier molecular flexibility index (Phi) is 1.87. The van der Waals surface area contributed by atoms with E-state index in [9.17, 15) is 0 Å². The molecule has 0 amide bonds. The molecule has 1 heterocycles. The lowest BCUT2D eigenvalue weighted by Gasteiger charge is -2.15. The number of hydrogen-bond acceptors (Lipinski definition) is 2. The molecule has 1 saturated heterocycles. The molecule has 1 aliphatic heterocycles. The fraction of sp³-hybridized carbons (Fsp3) is 0.857. The van der Waals surface area contributed by atoms with Crippen molar-refractivity contribution in [3.8, 4) is 0 Å². The van der Waals surface area contributed by atoms with Gasteiger partial charge in [0.05, 0.1) is 0 Å². The van der Waals surface area contributed by atoms with Crippen LogP contribution in [0.5, 0.6) is 0 Å². The Morgan fingerprint density at radius 2 is 2.40 bits per heavy atom. The third kappa shape index (κ3) is 1.45. The second-order valence-corrected chi connectivity index (χ2v) is 4.73. The minimum absolute atomic E-state index is 0.983. The van der Waals surface area contributed by atoms with Gasteiger partial charge in [-0.25, -0.2) is 0 Å². The fourth-order valence-electron chi connectivity index (χ4n) is 1.20. The van der Waals surface area contributed by atoms with Crippen LogP contribution in [0.15, 0.2) is 0 Å². The Morgan fingerprint density at radius 1 is 1.60 bits per heavy atom. The van der Waals surface area contributed by atoms with Crippen molar-refractivity contribution in [3.63, 3.8) is 0 Å². The summed E-state index contributed by atoms with van der Waals surface area (Å²) in [5, 5.41) is 0. The first-order valence-corrected chi connectivity index (χ1v) is 5.17. The molecule has 0 spiro atoms. The molecular weight excluding hydrogens is 162 g/mol. The van der Waals surface area contributed by atoms with Crippen molar-refractivity contribution in [1.82, 2.24) is 4.90 Å². The lowest BCUT2D eigenvalue weighted by atomic mass is 10.4. The van der Waals surface area contributed by atoms with E-state index in [1.807, 2.05) is 11.8 Å². The highest BCUT2D eigenvalue weighted by atomic mass is 32.2. The molecule has 2 rings (SSSR count). The molecular formula is C7H11NS2. The molecule has 0 aromatic heterocycles. The molecule has 0 atom stereocenters. The Morgan fingerprint density at radius 3 is 2.90 bits per heavy atom. The molecule has 1 saturated carbocycles. The highest BCUT2D eigenvalue weighted by Gasteiger charge is 2.27. The van der Waals surface area contributed by atoms with E-state index < -0.39 is 0 Å². The first-order valence-electron chi connectivity index (χ1n) is 3.78. The van der Waals surface area contributed by atoms with Crippen LogP contribution in [-0.2, 0) is 0 Å². The summed E-state index contributed by atoms with van der Waals surface area (Å²) in [6.07, 6.45) is 2.87. The number of thiocarbonyl (C=S) groups is 1. The number of nitrogens with zero attached hydrogens (tertiary/aromatic N) is 1. The second-order valence-electron chi connectivity index (χ2n) is 3.00. The first kappa shape index (κ1) is 6.92. The van der Waals surface area contributed by atoms with Gasteiger partial charge in [0.15, 0.2) is 0 Å². The molecule has 0 radical (unpaired) electrons. The molecule has 0 aromatic rings. The maximum absolute atomic E-state index is 5.18. The average molecular weight is 173 g/mol. The molecule has 0 aromatic carbocycles. The quantitative estimate of drug-likeness (QED) is 0.586. The molecule has 56 valence electrons. The zero-order valence-corrected chi connectivity index (χ0v) is 7.51. The van der Waals surface area contributed by atoms with E-state index in [1.165, 1.54) is 31.7 Å². The summed E-state index contributed by atoms with van der Waals surface area (Å²) in [6.45, 7) is 2.44. The van der Waals surface area contributed by atoms with Crippen LogP contribution in [0.3, 0.4) is 0 Å². The standard InChI is InChI=1S/C7H11NS2/c9-7-8(3-4-10-7)5-6-1-2-6/h6H,1-5H2. The molecule has 3 heteroatoms. The lowest BCUT2D eigenvalue weighted by molar-refractivity contribution is 0.444. The van der Waals surface area contributed by atoms with Crippen LogP contribution in [0.1, 0.15) is 12.8 Å². The number of hydrogen-bond donors (Lipinski definition) is 0. The van der Waals surface area contributed by atoms with Gasteiger partial charge in [-0.2, -0.15) is 0 Å². The third-order valence-corrected chi connectivity index (χ3v) is 3.52. The Labute approximate surface area is 71.2 Å². The molecule has 1 aliphatic carbocycles. The predicted octanol–water partition coefficient (Wildman–Crippen LogP) is 1.73. The smallest absolute Gasteiger partial charge is 0.136 e. The summed E-state index contributed by atoms with van der Waals surface area (Å²) in [5.74, 6) is 2.20. The summed E-state index contributed by atoms with van der Waals surface area (Å²) >= 11 is 7.01. The summed E-state index contributed by atoms with van der Waals surface area (Å²) in [6, 6.07) is 0. The minimum atomic E-state index is 0.983. The van der Waals surface area contributed by atoms with Crippen molar-refractivity contribution in [1.29, 1.82) is 0 Å². The van der Waals surface area contributed by atoms with E-state index >= 15 is 0 Å². The van der Waals surface area contributed by atoms with Gasteiger partial charge in [0, 0.05) is 18.8 Å². The molecule has 0 unspecified atom stereocenters. The van der Waals surface area contributed by atoms with Gasteiger partial charge in [-0.1, -0.05) is 24.0 Å². The van der Waals surface area contributed by atoms with Crippen LogP contribution in [-0.4, -0.2) is 28.1 Å². The molecule has 10 heavy (non-hydrogen) atoms. The maximum Gasteiger partial charge on any atom is 0.136 e. The van der Waals surface area contributed by atoms with Crippen LogP contribution in [0.2, 0.25) is 0 Å². The van der Waals surface area contributed by atoms with Gasteiger partial charge in [0.2, 0.25) is 0 Å². The van der Waals surface area contributed by atoms with Crippen LogP contribution in [0.4, 0.5) is 0 Å². The number of thioether (sulfide) groups is 1. The summed E-state index contributed by atoms with van der Waals surface area (Å²) < 4.78 is 1.13. The molecule has 0 N–H and O–H groups in total. The maximum atomic E-state index is 5.18. The lowest BCUT2D eigenvalue weighted by Crippen LogP contribution is -2.25. The third-order valence-electron chi connectivity index (χ3n) is 2.02.